The number of carbonyl (C=O) groups excluding carboxylic acids is 1. The second kappa shape index (κ2) is 7.09. The van der Waals surface area contributed by atoms with E-state index in [1.165, 1.54) is 0 Å². The fourth-order valence-corrected chi connectivity index (χ4v) is 2.34. The number of aryl methyl sites for hydroxylation is 1. The van der Waals surface area contributed by atoms with Gasteiger partial charge in [-0.25, -0.2) is 0 Å². The lowest BCUT2D eigenvalue weighted by Gasteiger charge is -2.08. The third kappa shape index (κ3) is 4.46. The lowest BCUT2D eigenvalue weighted by molar-refractivity contribution is -0.116. The standard InChI is InChI=1S/C17H23N3O/c1-3-5-16(18)14-8-9-20(11-14)12-17(21)19-15-7-4-6-13(2)10-15/h4,6-11,16H,3,5,12,18H2,1-2H3,(H,19,21). The minimum Gasteiger partial charge on any atom is -0.345 e. The molecule has 1 aromatic carbocycles. The van der Waals surface area contributed by atoms with E-state index in [-0.39, 0.29) is 11.9 Å². The highest BCUT2D eigenvalue weighted by Crippen LogP contribution is 2.16. The van der Waals surface area contributed by atoms with E-state index in [0.29, 0.717) is 6.54 Å². The van der Waals surface area contributed by atoms with Crippen molar-refractivity contribution in [1.29, 1.82) is 0 Å². The molecular formula is C17H23N3O. The molecule has 2 aromatic rings. The molecule has 0 fully saturated rings. The maximum Gasteiger partial charge on any atom is 0.244 e. The summed E-state index contributed by atoms with van der Waals surface area (Å²) >= 11 is 0. The van der Waals surface area contributed by atoms with E-state index in [2.05, 4.69) is 12.2 Å². The molecular weight excluding hydrogens is 262 g/mol. The van der Waals surface area contributed by atoms with Gasteiger partial charge < -0.3 is 15.6 Å². The summed E-state index contributed by atoms with van der Waals surface area (Å²) < 4.78 is 1.87. The van der Waals surface area contributed by atoms with Gasteiger partial charge in [0.25, 0.3) is 0 Å². The van der Waals surface area contributed by atoms with Crippen molar-refractivity contribution >= 4 is 11.6 Å². The summed E-state index contributed by atoms with van der Waals surface area (Å²) in [5, 5.41) is 2.90. The molecule has 4 heteroatoms. The van der Waals surface area contributed by atoms with Gasteiger partial charge in [0.05, 0.1) is 0 Å². The van der Waals surface area contributed by atoms with Crippen molar-refractivity contribution in [2.45, 2.75) is 39.3 Å². The van der Waals surface area contributed by atoms with Crippen LogP contribution in [-0.4, -0.2) is 10.5 Å². The van der Waals surface area contributed by atoms with Gasteiger partial charge in [-0.3, -0.25) is 4.79 Å². The number of benzene rings is 1. The Morgan fingerprint density at radius 3 is 2.90 bits per heavy atom. The zero-order valence-corrected chi connectivity index (χ0v) is 12.7. The van der Waals surface area contributed by atoms with Gasteiger partial charge in [-0.15, -0.1) is 0 Å². The molecule has 1 heterocycles. The molecule has 0 spiro atoms. The first-order chi connectivity index (χ1) is 10.1. The van der Waals surface area contributed by atoms with Crippen LogP contribution in [0.5, 0.6) is 0 Å². The second-order valence-corrected chi connectivity index (χ2v) is 5.43. The van der Waals surface area contributed by atoms with Gasteiger partial charge in [0.2, 0.25) is 5.91 Å². The molecule has 1 amide bonds. The van der Waals surface area contributed by atoms with Crippen molar-refractivity contribution in [1.82, 2.24) is 4.57 Å². The molecule has 1 atom stereocenters. The van der Waals surface area contributed by atoms with E-state index in [0.717, 1.165) is 29.7 Å². The molecule has 0 aliphatic carbocycles. The number of aromatic nitrogens is 1. The molecule has 0 aliphatic heterocycles. The monoisotopic (exact) mass is 285 g/mol. The van der Waals surface area contributed by atoms with Crippen molar-refractivity contribution in [3.05, 3.63) is 53.9 Å². The maximum atomic E-state index is 12.0. The molecule has 21 heavy (non-hydrogen) atoms. The van der Waals surface area contributed by atoms with Crippen LogP contribution in [0.2, 0.25) is 0 Å². The van der Waals surface area contributed by atoms with Crippen LogP contribution in [0.15, 0.2) is 42.7 Å². The number of hydrogen-bond donors (Lipinski definition) is 2. The molecule has 0 bridgehead atoms. The van der Waals surface area contributed by atoms with Crippen LogP contribution in [0.4, 0.5) is 5.69 Å². The minimum atomic E-state index is -0.0354. The maximum absolute atomic E-state index is 12.0. The molecule has 0 saturated heterocycles. The topological polar surface area (TPSA) is 60.0 Å². The van der Waals surface area contributed by atoms with Gasteiger partial charge in [-0.1, -0.05) is 25.5 Å². The van der Waals surface area contributed by atoms with Crippen LogP contribution in [0.3, 0.4) is 0 Å². The molecule has 0 saturated carbocycles. The molecule has 112 valence electrons. The molecule has 1 unspecified atom stereocenters. The summed E-state index contributed by atoms with van der Waals surface area (Å²) in [5.41, 5.74) is 9.11. The van der Waals surface area contributed by atoms with E-state index >= 15 is 0 Å². The van der Waals surface area contributed by atoms with Crippen LogP contribution in [0.25, 0.3) is 0 Å². The zero-order chi connectivity index (χ0) is 15.2. The SMILES string of the molecule is CCCC(N)c1ccn(CC(=O)Nc2cccc(C)c2)c1. The summed E-state index contributed by atoms with van der Waals surface area (Å²) in [6.45, 7) is 4.42. The van der Waals surface area contributed by atoms with E-state index in [9.17, 15) is 4.79 Å². The Morgan fingerprint density at radius 2 is 2.19 bits per heavy atom. The summed E-state index contributed by atoms with van der Waals surface area (Å²) in [7, 11) is 0. The first kappa shape index (κ1) is 15.3. The Labute approximate surface area is 126 Å². The highest BCUT2D eigenvalue weighted by atomic mass is 16.1. The van der Waals surface area contributed by atoms with Crippen molar-refractivity contribution in [2.75, 3.05) is 5.32 Å². The van der Waals surface area contributed by atoms with Gasteiger partial charge in [0.15, 0.2) is 0 Å². The summed E-state index contributed by atoms with van der Waals surface area (Å²) in [4.78, 5) is 12.0. The number of amides is 1. The quantitative estimate of drug-likeness (QED) is 0.856. The van der Waals surface area contributed by atoms with Gasteiger partial charge in [0.1, 0.15) is 6.54 Å². The lowest BCUT2D eigenvalue weighted by Crippen LogP contribution is -2.18. The number of nitrogens with two attached hydrogens (primary N) is 1. The summed E-state index contributed by atoms with van der Waals surface area (Å²) in [6.07, 6.45) is 5.87. The Morgan fingerprint density at radius 1 is 1.38 bits per heavy atom. The molecule has 0 aliphatic rings. The number of carbonyl (C=O) groups is 1. The van der Waals surface area contributed by atoms with Crippen LogP contribution >= 0.6 is 0 Å². The van der Waals surface area contributed by atoms with E-state index in [1.807, 2.05) is 54.2 Å². The predicted molar refractivity (Wildman–Crippen MR) is 86.1 cm³/mol. The zero-order valence-electron chi connectivity index (χ0n) is 12.7. The Balaban J connectivity index is 1.94. The number of nitrogens with zero attached hydrogens (tertiary/aromatic N) is 1. The average molecular weight is 285 g/mol. The highest BCUT2D eigenvalue weighted by molar-refractivity contribution is 5.90. The predicted octanol–water partition coefficient (Wildman–Crippen LogP) is 3.24. The van der Waals surface area contributed by atoms with Crippen molar-refractivity contribution in [3.63, 3.8) is 0 Å². The molecule has 3 N–H and O–H groups in total. The van der Waals surface area contributed by atoms with E-state index in [4.69, 9.17) is 5.73 Å². The molecule has 2 rings (SSSR count). The van der Waals surface area contributed by atoms with Gasteiger partial charge in [-0.2, -0.15) is 0 Å². The fourth-order valence-electron chi connectivity index (χ4n) is 2.34. The van der Waals surface area contributed by atoms with Gasteiger partial charge in [0, 0.05) is 24.1 Å². The van der Waals surface area contributed by atoms with Crippen molar-refractivity contribution in [2.24, 2.45) is 5.73 Å². The second-order valence-electron chi connectivity index (χ2n) is 5.43. The van der Waals surface area contributed by atoms with Gasteiger partial charge in [-0.05, 0) is 42.7 Å². The van der Waals surface area contributed by atoms with E-state index < -0.39 is 0 Å². The normalized spacial score (nSPS) is 12.1. The van der Waals surface area contributed by atoms with Crippen LogP contribution in [0.1, 0.15) is 36.9 Å². The first-order valence-electron chi connectivity index (χ1n) is 7.36. The molecule has 1 aromatic heterocycles. The fraction of sp³-hybridized carbons (Fsp3) is 0.353. The van der Waals surface area contributed by atoms with Crippen LogP contribution in [-0.2, 0) is 11.3 Å². The summed E-state index contributed by atoms with van der Waals surface area (Å²) in [6, 6.07) is 9.82. The Bertz CT molecular complexity index is 604. The molecule has 0 radical (unpaired) electrons. The van der Waals surface area contributed by atoms with E-state index in [1.54, 1.807) is 0 Å². The average Bonchev–Trinajstić information content (AvgIpc) is 2.87. The number of hydrogen-bond acceptors (Lipinski definition) is 2. The first-order valence-corrected chi connectivity index (χ1v) is 7.36. The molecule has 4 nitrogen and oxygen atoms in total. The highest BCUT2D eigenvalue weighted by Gasteiger charge is 2.08. The number of nitrogens with one attached hydrogen (secondary N) is 1. The minimum absolute atomic E-state index is 0.0354. The van der Waals surface area contributed by atoms with Gasteiger partial charge >= 0.3 is 0 Å². The third-order valence-corrected chi connectivity index (χ3v) is 3.43. The van der Waals surface area contributed by atoms with Crippen molar-refractivity contribution in [3.8, 4) is 0 Å². The van der Waals surface area contributed by atoms with Crippen molar-refractivity contribution < 1.29 is 4.79 Å². The third-order valence-electron chi connectivity index (χ3n) is 3.43. The Kier molecular flexibility index (Phi) is 5.17. The Hall–Kier alpha value is -2.07. The largest absolute Gasteiger partial charge is 0.345 e. The van der Waals surface area contributed by atoms with Crippen LogP contribution in [0, 0.1) is 6.92 Å². The number of rotatable bonds is 6. The van der Waals surface area contributed by atoms with Crippen LogP contribution < -0.4 is 11.1 Å². The lowest BCUT2D eigenvalue weighted by atomic mass is 10.1. The summed E-state index contributed by atoms with van der Waals surface area (Å²) in [5.74, 6) is -0.0354. The smallest absolute Gasteiger partial charge is 0.244 e. The number of anilines is 1.